The fourth-order valence-corrected chi connectivity index (χ4v) is 6.66. The molecule has 0 spiro atoms. The van der Waals surface area contributed by atoms with Crippen molar-refractivity contribution in [1.82, 2.24) is 0 Å². The molecule has 13 unspecified atom stereocenters. The van der Waals surface area contributed by atoms with Gasteiger partial charge in [-0.15, -0.1) is 6.58 Å². The zero-order chi connectivity index (χ0) is 38.4. The Bertz CT molecular complexity index is 1210. The molecule has 10 heteroatoms. The molecule has 2 aliphatic rings. The van der Waals surface area contributed by atoms with Crippen LogP contribution in [0.3, 0.4) is 0 Å². The van der Waals surface area contributed by atoms with Crippen LogP contribution in [0, 0.1) is 17.8 Å². The predicted molar refractivity (Wildman–Crippen MR) is 199 cm³/mol. The quantitative estimate of drug-likeness (QED) is 0.0521. The number of ketones is 1. The van der Waals surface area contributed by atoms with E-state index in [1.54, 1.807) is 25.2 Å². The topological polar surface area (TPSA) is 163 Å². The smallest absolute Gasteiger partial charge is 0.309 e. The average molecular weight is 719 g/mol. The van der Waals surface area contributed by atoms with Crippen LogP contribution >= 0.6 is 0 Å². The third-order valence-electron chi connectivity index (χ3n) is 10.6. The minimum Gasteiger partial charge on any atom is -0.455 e. The molecule has 5 N–H and O–H groups in total. The van der Waals surface area contributed by atoms with E-state index < -0.39 is 66.8 Å². The number of carbonyl (C=O) groups excluding carboxylic acids is 2. The lowest BCUT2D eigenvalue weighted by Gasteiger charge is -2.28. The van der Waals surface area contributed by atoms with Crippen molar-refractivity contribution in [3.8, 4) is 0 Å². The van der Waals surface area contributed by atoms with Gasteiger partial charge in [-0.3, -0.25) is 9.59 Å². The molecule has 0 amide bonds. The lowest BCUT2D eigenvalue weighted by Crippen LogP contribution is -2.36. The van der Waals surface area contributed by atoms with Gasteiger partial charge in [0, 0.05) is 24.7 Å². The second-order valence-electron chi connectivity index (χ2n) is 15.0. The molecular weight excluding hydrogens is 652 g/mol. The molecule has 2 heterocycles. The summed E-state index contributed by atoms with van der Waals surface area (Å²) in [5.74, 6) is -1.22. The molecular formula is C41H66O10. The van der Waals surface area contributed by atoms with Gasteiger partial charge >= 0.3 is 5.97 Å². The second kappa shape index (κ2) is 21.9. The van der Waals surface area contributed by atoms with E-state index in [4.69, 9.17) is 14.2 Å². The molecule has 0 bridgehead atoms. The van der Waals surface area contributed by atoms with Gasteiger partial charge in [0.15, 0.2) is 0 Å². The van der Waals surface area contributed by atoms with Crippen LogP contribution in [-0.4, -0.2) is 98.3 Å². The van der Waals surface area contributed by atoms with Crippen LogP contribution in [-0.2, 0) is 23.8 Å². The van der Waals surface area contributed by atoms with Crippen molar-refractivity contribution in [1.29, 1.82) is 0 Å². The Morgan fingerprint density at radius 1 is 0.980 bits per heavy atom. The predicted octanol–water partition coefficient (Wildman–Crippen LogP) is 5.46. The number of carbonyl (C=O) groups is 2. The fraction of sp³-hybridized carbons (Fsp3) is 0.707. The summed E-state index contributed by atoms with van der Waals surface area (Å²) in [7, 11) is 0. The van der Waals surface area contributed by atoms with Crippen LogP contribution in [0.5, 0.6) is 0 Å². The lowest BCUT2D eigenvalue weighted by atomic mass is 9.84. The Hall–Kier alpha value is -2.44. The molecule has 51 heavy (non-hydrogen) atoms. The Morgan fingerprint density at radius 3 is 2.29 bits per heavy atom. The first-order chi connectivity index (χ1) is 24.0. The number of hydrogen-bond acceptors (Lipinski definition) is 10. The highest BCUT2D eigenvalue weighted by Crippen LogP contribution is 2.33. The maximum atomic E-state index is 13.3. The van der Waals surface area contributed by atoms with Crippen LogP contribution in [0.1, 0.15) is 106 Å². The molecule has 2 aliphatic heterocycles. The summed E-state index contributed by atoms with van der Waals surface area (Å²) >= 11 is 0. The molecule has 0 aliphatic carbocycles. The molecule has 290 valence electrons. The number of Topliss-reactive ketones (excluding diaryl/α,β-unsaturated/α-hetero) is 1. The number of unbranched alkanes of at least 4 members (excludes halogenated alkanes) is 1. The minimum absolute atomic E-state index is 0.0556. The van der Waals surface area contributed by atoms with Crippen molar-refractivity contribution in [3.63, 3.8) is 0 Å². The van der Waals surface area contributed by atoms with Gasteiger partial charge in [0.25, 0.3) is 0 Å². The van der Waals surface area contributed by atoms with Gasteiger partial charge in [-0.1, -0.05) is 71.1 Å². The molecule has 10 nitrogen and oxygen atoms in total. The minimum atomic E-state index is -1.15. The maximum Gasteiger partial charge on any atom is 0.309 e. The summed E-state index contributed by atoms with van der Waals surface area (Å²) in [6.07, 6.45) is 3.72. The second-order valence-corrected chi connectivity index (χ2v) is 15.0. The lowest BCUT2D eigenvalue weighted by molar-refractivity contribution is -0.158. The molecule has 0 aromatic heterocycles. The largest absolute Gasteiger partial charge is 0.455 e. The Balaban J connectivity index is 2.08. The van der Waals surface area contributed by atoms with Gasteiger partial charge in [-0.05, 0) is 75.5 Å². The van der Waals surface area contributed by atoms with E-state index >= 15 is 0 Å². The van der Waals surface area contributed by atoms with Crippen molar-refractivity contribution >= 4 is 11.8 Å². The zero-order valence-corrected chi connectivity index (χ0v) is 31.8. The molecule has 2 rings (SSSR count). The summed E-state index contributed by atoms with van der Waals surface area (Å²) in [5, 5.41) is 52.3. The molecule has 2 saturated heterocycles. The highest BCUT2D eigenvalue weighted by molar-refractivity contribution is 5.79. The number of aliphatic hydroxyl groups excluding tert-OH is 5. The van der Waals surface area contributed by atoms with Crippen molar-refractivity contribution in [3.05, 3.63) is 60.8 Å². The van der Waals surface area contributed by atoms with Crippen molar-refractivity contribution < 1.29 is 49.3 Å². The first-order valence-electron chi connectivity index (χ1n) is 18.7. The van der Waals surface area contributed by atoms with E-state index in [-0.39, 0.29) is 49.4 Å². The Morgan fingerprint density at radius 2 is 1.67 bits per heavy atom. The van der Waals surface area contributed by atoms with E-state index in [0.29, 0.717) is 24.8 Å². The van der Waals surface area contributed by atoms with Gasteiger partial charge in [0.05, 0.1) is 49.1 Å². The van der Waals surface area contributed by atoms with E-state index in [9.17, 15) is 35.1 Å². The molecule has 0 aromatic carbocycles. The Kier molecular flexibility index (Phi) is 19.2. The van der Waals surface area contributed by atoms with Crippen molar-refractivity contribution in [2.45, 2.75) is 167 Å². The number of allylic oxidation sites excluding steroid dienone is 2. The van der Waals surface area contributed by atoms with Crippen molar-refractivity contribution in [2.75, 3.05) is 0 Å². The number of esters is 1. The monoisotopic (exact) mass is 718 g/mol. The molecule has 2 fully saturated rings. The van der Waals surface area contributed by atoms with Gasteiger partial charge < -0.3 is 39.7 Å². The first kappa shape index (κ1) is 44.7. The summed E-state index contributed by atoms with van der Waals surface area (Å²) in [6.45, 7) is 22.7. The van der Waals surface area contributed by atoms with Crippen LogP contribution in [0.25, 0.3) is 0 Å². The van der Waals surface area contributed by atoms with Gasteiger partial charge in [0.2, 0.25) is 0 Å². The van der Waals surface area contributed by atoms with Crippen LogP contribution in [0.2, 0.25) is 0 Å². The third-order valence-corrected chi connectivity index (χ3v) is 10.6. The zero-order valence-electron chi connectivity index (χ0n) is 31.8. The highest BCUT2D eigenvalue weighted by atomic mass is 16.6. The van der Waals surface area contributed by atoms with Crippen LogP contribution < -0.4 is 0 Å². The number of hydrogen-bond donors (Lipinski definition) is 5. The van der Waals surface area contributed by atoms with Crippen molar-refractivity contribution in [2.24, 2.45) is 17.8 Å². The maximum absolute atomic E-state index is 13.3. The van der Waals surface area contributed by atoms with E-state index in [2.05, 4.69) is 26.7 Å². The number of rotatable bonds is 23. The normalized spacial score (nSPS) is 27.3. The molecule has 0 radical (unpaired) electrons. The highest BCUT2D eigenvalue weighted by Gasteiger charge is 2.40. The average Bonchev–Trinajstić information content (AvgIpc) is 3.72. The van der Waals surface area contributed by atoms with Gasteiger partial charge in [0.1, 0.15) is 24.1 Å². The summed E-state index contributed by atoms with van der Waals surface area (Å²) in [4.78, 5) is 26.2. The van der Waals surface area contributed by atoms with E-state index in [1.165, 1.54) is 6.08 Å². The fourth-order valence-electron chi connectivity index (χ4n) is 6.66. The van der Waals surface area contributed by atoms with Crippen LogP contribution in [0.4, 0.5) is 0 Å². The number of ether oxygens (including phenoxy) is 3. The third kappa shape index (κ3) is 14.1. The van der Waals surface area contributed by atoms with Crippen LogP contribution in [0.15, 0.2) is 60.8 Å². The molecule has 0 aromatic rings. The Labute approximate surface area is 306 Å². The standard InChI is InChI=1S/C41H66O10/c1-10-12-14-25(5)39(46)26(6)15-13-16-34(51-38(45)23-36-27(7)21-37(50-36)41(48)32(43)11-2)35-20-18-31(49-35)22-30(42)17-19-33(44)29(9)40(47)28(8)24(3)4/h11,13,15-16,27-29,31-37,39-41,43-44,46-48H,2-3,5,10,12,14,17-23H2,1,4,6-9H3. The molecule has 0 saturated carbocycles. The first-order valence-corrected chi connectivity index (χ1v) is 18.7. The van der Waals surface area contributed by atoms with Gasteiger partial charge in [-0.25, -0.2) is 0 Å². The number of aliphatic hydroxyl groups is 5. The SMILES string of the molecule is C=CC(O)C(O)C1CC(C)C(CC(=O)OC(C=CC=C(C)C(O)C(=C)CCCC)C2CCC(CC(=O)CCC(O)C(C)C(O)C(C)C(=C)C)O2)O1. The summed E-state index contributed by atoms with van der Waals surface area (Å²) < 4.78 is 18.2. The van der Waals surface area contributed by atoms with E-state index in [1.807, 2.05) is 27.7 Å². The summed E-state index contributed by atoms with van der Waals surface area (Å²) in [6, 6.07) is 0. The van der Waals surface area contributed by atoms with E-state index in [0.717, 1.165) is 30.4 Å². The summed E-state index contributed by atoms with van der Waals surface area (Å²) in [5.41, 5.74) is 2.27. The molecule has 13 atom stereocenters. The van der Waals surface area contributed by atoms with Gasteiger partial charge in [-0.2, -0.15) is 0 Å².